The van der Waals surface area contributed by atoms with Crippen LogP contribution in [-0.2, 0) is 9.53 Å². The summed E-state index contributed by atoms with van der Waals surface area (Å²) in [5.74, 6) is 1.38. The summed E-state index contributed by atoms with van der Waals surface area (Å²) >= 11 is 1.74. The van der Waals surface area contributed by atoms with Crippen LogP contribution in [0.2, 0.25) is 0 Å². The predicted molar refractivity (Wildman–Crippen MR) is 101 cm³/mol. The van der Waals surface area contributed by atoms with Gasteiger partial charge in [-0.2, -0.15) is 0 Å². The lowest BCUT2D eigenvalue weighted by Gasteiger charge is -2.40. The van der Waals surface area contributed by atoms with Gasteiger partial charge in [0, 0.05) is 35.6 Å². The fourth-order valence-corrected chi connectivity index (χ4v) is 4.17. The van der Waals surface area contributed by atoms with Crippen LogP contribution >= 0.6 is 11.8 Å². The number of hydrogen-bond acceptors (Lipinski definition) is 3. The van der Waals surface area contributed by atoms with Crippen molar-refractivity contribution in [1.82, 2.24) is 5.32 Å². The Morgan fingerprint density at radius 3 is 2.71 bits per heavy atom. The molecule has 1 fully saturated rings. The van der Waals surface area contributed by atoms with Crippen molar-refractivity contribution in [3.05, 3.63) is 30.3 Å². The average Bonchev–Trinajstić information content (AvgIpc) is 2.58. The second-order valence-corrected chi connectivity index (χ2v) is 8.92. The van der Waals surface area contributed by atoms with E-state index in [-0.39, 0.29) is 23.3 Å². The quantitative estimate of drug-likeness (QED) is 0.775. The van der Waals surface area contributed by atoms with Gasteiger partial charge in [-0.15, -0.1) is 11.8 Å². The fraction of sp³-hybridized carbons (Fsp3) is 0.650. The molecule has 1 N–H and O–H groups in total. The molecule has 3 unspecified atom stereocenters. The molecule has 4 heteroatoms. The molecule has 0 saturated carbocycles. The van der Waals surface area contributed by atoms with Crippen LogP contribution in [0.4, 0.5) is 0 Å². The Labute approximate surface area is 150 Å². The lowest BCUT2D eigenvalue weighted by atomic mass is 9.78. The summed E-state index contributed by atoms with van der Waals surface area (Å²) in [6.07, 6.45) is 2.45. The Morgan fingerprint density at radius 1 is 1.33 bits per heavy atom. The molecule has 1 amide bonds. The first-order valence-electron chi connectivity index (χ1n) is 8.95. The van der Waals surface area contributed by atoms with E-state index in [1.54, 1.807) is 11.8 Å². The zero-order valence-electron chi connectivity index (χ0n) is 15.4. The minimum Gasteiger partial charge on any atom is -0.377 e. The Bertz CT molecular complexity index is 512. The van der Waals surface area contributed by atoms with Gasteiger partial charge in [0.05, 0.1) is 6.10 Å². The van der Waals surface area contributed by atoms with Gasteiger partial charge in [-0.05, 0) is 30.4 Å². The van der Waals surface area contributed by atoms with Crippen molar-refractivity contribution in [3.8, 4) is 0 Å². The Balaban J connectivity index is 1.78. The van der Waals surface area contributed by atoms with Gasteiger partial charge in [0.1, 0.15) is 0 Å². The van der Waals surface area contributed by atoms with Gasteiger partial charge in [0.25, 0.3) is 0 Å². The summed E-state index contributed by atoms with van der Waals surface area (Å²) < 4.78 is 6.00. The lowest BCUT2D eigenvalue weighted by molar-refractivity contribution is -0.125. The molecule has 3 atom stereocenters. The molecule has 1 aliphatic rings. The molecule has 1 heterocycles. The molecule has 1 saturated heterocycles. The number of carbonyl (C=O) groups excluding carboxylic acids is 1. The second-order valence-electron chi connectivity index (χ2n) is 7.83. The van der Waals surface area contributed by atoms with Crippen LogP contribution in [0.25, 0.3) is 0 Å². The lowest BCUT2D eigenvalue weighted by Crippen LogP contribution is -2.46. The van der Waals surface area contributed by atoms with Gasteiger partial charge in [0.2, 0.25) is 5.91 Å². The normalized spacial score (nSPS) is 22.8. The van der Waals surface area contributed by atoms with Crippen LogP contribution in [0, 0.1) is 17.3 Å². The molecular weight excluding hydrogens is 318 g/mol. The van der Waals surface area contributed by atoms with Crippen molar-refractivity contribution >= 4 is 17.7 Å². The van der Waals surface area contributed by atoms with Crippen LogP contribution in [0.1, 0.15) is 40.5 Å². The summed E-state index contributed by atoms with van der Waals surface area (Å²) in [4.78, 5) is 13.6. The number of hydrogen-bond donors (Lipinski definition) is 1. The van der Waals surface area contributed by atoms with Crippen LogP contribution in [0.15, 0.2) is 35.2 Å². The number of rotatable bonds is 6. The minimum absolute atomic E-state index is 0.00722. The smallest absolute Gasteiger partial charge is 0.223 e. The highest BCUT2D eigenvalue weighted by Crippen LogP contribution is 2.33. The molecule has 2 rings (SSSR count). The summed E-state index contributed by atoms with van der Waals surface area (Å²) in [6, 6.07) is 10.2. The zero-order chi connectivity index (χ0) is 17.6. The molecule has 24 heavy (non-hydrogen) atoms. The van der Waals surface area contributed by atoms with Crippen LogP contribution in [0.5, 0.6) is 0 Å². The molecule has 0 radical (unpaired) electrons. The molecule has 134 valence electrons. The SMILES string of the molecule is CC(CSc1ccccc1)C(=O)NCC1CCCOC1C(C)(C)C. The van der Waals surface area contributed by atoms with Gasteiger partial charge >= 0.3 is 0 Å². The number of benzene rings is 1. The third kappa shape index (κ3) is 5.82. The van der Waals surface area contributed by atoms with E-state index in [1.165, 1.54) is 4.90 Å². The second kappa shape index (κ2) is 8.91. The molecular formula is C20H31NO2S. The highest BCUT2D eigenvalue weighted by molar-refractivity contribution is 7.99. The predicted octanol–water partition coefficient (Wildman–Crippen LogP) is 4.37. The van der Waals surface area contributed by atoms with Gasteiger partial charge in [0.15, 0.2) is 0 Å². The third-order valence-corrected chi connectivity index (χ3v) is 5.80. The number of ether oxygens (including phenoxy) is 1. The maximum Gasteiger partial charge on any atom is 0.223 e. The number of thioether (sulfide) groups is 1. The molecule has 0 spiro atoms. The highest BCUT2D eigenvalue weighted by atomic mass is 32.2. The molecule has 1 aromatic carbocycles. The Kier molecular flexibility index (Phi) is 7.17. The van der Waals surface area contributed by atoms with Gasteiger partial charge < -0.3 is 10.1 Å². The Morgan fingerprint density at radius 2 is 2.04 bits per heavy atom. The van der Waals surface area contributed by atoms with Gasteiger partial charge in [-0.1, -0.05) is 45.9 Å². The van der Waals surface area contributed by atoms with Crippen LogP contribution in [-0.4, -0.2) is 30.9 Å². The van der Waals surface area contributed by atoms with Crippen molar-refractivity contribution in [1.29, 1.82) is 0 Å². The van der Waals surface area contributed by atoms with Crippen molar-refractivity contribution < 1.29 is 9.53 Å². The molecule has 0 aliphatic carbocycles. The maximum atomic E-state index is 12.4. The zero-order valence-corrected chi connectivity index (χ0v) is 16.2. The highest BCUT2D eigenvalue weighted by Gasteiger charge is 2.35. The van der Waals surface area contributed by atoms with E-state index in [0.717, 1.165) is 31.7 Å². The largest absolute Gasteiger partial charge is 0.377 e. The monoisotopic (exact) mass is 349 g/mol. The van der Waals surface area contributed by atoms with Crippen LogP contribution in [0.3, 0.4) is 0 Å². The first-order chi connectivity index (χ1) is 11.4. The first-order valence-corrected chi connectivity index (χ1v) is 9.93. The fourth-order valence-electron chi connectivity index (χ4n) is 3.23. The first kappa shape index (κ1) is 19.3. The Hall–Kier alpha value is -1.00. The molecule has 1 aromatic rings. The van der Waals surface area contributed by atoms with E-state index in [9.17, 15) is 4.79 Å². The van der Waals surface area contributed by atoms with E-state index in [4.69, 9.17) is 4.74 Å². The minimum atomic E-state index is 0.00722. The van der Waals surface area contributed by atoms with E-state index >= 15 is 0 Å². The summed E-state index contributed by atoms with van der Waals surface area (Å²) in [5, 5.41) is 3.16. The third-order valence-electron chi connectivity index (χ3n) is 4.53. The summed E-state index contributed by atoms with van der Waals surface area (Å²) in [6.45, 7) is 10.2. The van der Waals surface area contributed by atoms with E-state index in [0.29, 0.717) is 5.92 Å². The summed E-state index contributed by atoms with van der Waals surface area (Å²) in [5.41, 5.74) is 0.116. The maximum absolute atomic E-state index is 12.4. The number of carbonyl (C=O) groups is 1. The van der Waals surface area contributed by atoms with Gasteiger partial charge in [-0.25, -0.2) is 0 Å². The van der Waals surface area contributed by atoms with Gasteiger partial charge in [-0.3, -0.25) is 4.79 Å². The summed E-state index contributed by atoms with van der Waals surface area (Å²) in [7, 11) is 0. The molecule has 0 bridgehead atoms. The van der Waals surface area contributed by atoms with E-state index in [1.807, 2.05) is 25.1 Å². The molecule has 0 aromatic heterocycles. The van der Waals surface area contributed by atoms with Crippen molar-refractivity contribution in [3.63, 3.8) is 0 Å². The van der Waals surface area contributed by atoms with Crippen LogP contribution < -0.4 is 5.32 Å². The molecule has 1 aliphatic heterocycles. The van der Waals surface area contributed by atoms with Crippen molar-refractivity contribution in [2.24, 2.45) is 17.3 Å². The van der Waals surface area contributed by atoms with E-state index < -0.39 is 0 Å². The standard InChI is InChI=1S/C20H31NO2S/c1-15(14-24-17-10-6-5-7-11-17)19(22)21-13-16-9-8-12-23-18(16)20(2,3)4/h5-7,10-11,15-16,18H,8-9,12-14H2,1-4H3,(H,21,22). The van der Waals surface area contributed by atoms with Crippen molar-refractivity contribution in [2.45, 2.75) is 51.5 Å². The number of amides is 1. The van der Waals surface area contributed by atoms with E-state index in [2.05, 4.69) is 38.2 Å². The van der Waals surface area contributed by atoms with Crippen molar-refractivity contribution in [2.75, 3.05) is 18.9 Å². The molecule has 3 nitrogen and oxygen atoms in total. The number of nitrogens with one attached hydrogen (secondary N) is 1. The topological polar surface area (TPSA) is 38.3 Å². The average molecular weight is 350 g/mol.